The van der Waals surface area contributed by atoms with Crippen molar-refractivity contribution < 1.29 is 13.2 Å². The first-order chi connectivity index (χ1) is 16.4. The molecule has 2 aliphatic rings. The van der Waals surface area contributed by atoms with Gasteiger partial charge in [0.15, 0.2) is 9.84 Å². The van der Waals surface area contributed by atoms with Crippen LogP contribution in [0, 0.1) is 0 Å². The molecule has 0 N–H and O–H groups in total. The van der Waals surface area contributed by atoms with Crippen molar-refractivity contribution in [2.45, 2.75) is 18.9 Å². The largest absolute Gasteiger partial charge is 0.340 e. The maximum Gasteiger partial charge on any atom is 0.227 e. The zero-order valence-corrected chi connectivity index (χ0v) is 20.4. The van der Waals surface area contributed by atoms with E-state index < -0.39 is 9.84 Å². The van der Waals surface area contributed by atoms with Crippen LogP contribution in [-0.2, 0) is 21.1 Å². The number of amides is 1. The van der Waals surface area contributed by atoms with Crippen LogP contribution < -0.4 is 0 Å². The summed E-state index contributed by atoms with van der Waals surface area (Å²) >= 11 is 6.08. The molecule has 1 atom stereocenters. The summed E-state index contributed by atoms with van der Waals surface area (Å²) in [4.78, 5) is 17.3. The fourth-order valence-electron chi connectivity index (χ4n) is 4.78. The zero-order chi connectivity index (χ0) is 23.7. The Kier molecular flexibility index (Phi) is 6.46. The van der Waals surface area contributed by atoms with Gasteiger partial charge in [0.25, 0.3) is 0 Å². The molecular formula is C25H27ClN4O3S. The number of hydrogen-bond donors (Lipinski definition) is 0. The number of aromatic nitrogens is 2. The Labute approximate surface area is 204 Å². The third-order valence-corrected chi connectivity index (χ3v) is 8.66. The van der Waals surface area contributed by atoms with Gasteiger partial charge in [-0.15, -0.1) is 0 Å². The molecule has 2 fully saturated rings. The van der Waals surface area contributed by atoms with Crippen LogP contribution in [0.1, 0.15) is 12.0 Å². The van der Waals surface area contributed by atoms with Gasteiger partial charge in [-0.05, 0) is 30.7 Å². The van der Waals surface area contributed by atoms with Crippen molar-refractivity contribution >= 4 is 27.3 Å². The first-order valence-corrected chi connectivity index (χ1v) is 13.7. The van der Waals surface area contributed by atoms with Crippen LogP contribution in [0.3, 0.4) is 0 Å². The summed E-state index contributed by atoms with van der Waals surface area (Å²) in [6.45, 7) is 2.63. The van der Waals surface area contributed by atoms with Crippen LogP contribution in [0.15, 0.2) is 60.8 Å². The van der Waals surface area contributed by atoms with Crippen molar-refractivity contribution in [2.75, 3.05) is 37.7 Å². The van der Waals surface area contributed by atoms with Crippen molar-refractivity contribution in [1.29, 1.82) is 0 Å². The fourth-order valence-corrected chi connectivity index (χ4v) is 6.66. The van der Waals surface area contributed by atoms with Gasteiger partial charge < -0.3 is 4.90 Å². The second-order valence-corrected chi connectivity index (χ2v) is 11.6. The van der Waals surface area contributed by atoms with Crippen molar-refractivity contribution in [3.63, 3.8) is 0 Å². The topological polar surface area (TPSA) is 75.5 Å². The van der Waals surface area contributed by atoms with E-state index in [9.17, 15) is 13.2 Å². The molecule has 5 rings (SSSR count). The van der Waals surface area contributed by atoms with E-state index in [0.717, 1.165) is 22.5 Å². The molecule has 1 aromatic heterocycles. The van der Waals surface area contributed by atoms with Gasteiger partial charge in [0.05, 0.1) is 29.3 Å². The number of benzene rings is 2. The third kappa shape index (κ3) is 5.04. The lowest BCUT2D eigenvalue weighted by Gasteiger charge is -2.37. The molecule has 9 heteroatoms. The Morgan fingerprint density at radius 1 is 1.00 bits per heavy atom. The van der Waals surface area contributed by atoms with Crippen LogP contribution in [0.2, 0.25) is 5.02 Å². The maximum absolute atomic E-state index is 13.2. The molecule has 178 valence electrons. The quantitative estimate of drug-likeness (QED) is 0.540. The second kappa shape index (κ2) is 9.52. The highest BCUT2D eigenvalue weighted by molar-refractivity contribution is 7.91. The summed E-state index contributed by atoms with van der Waals surface area (Å²) in [5.74, 6) is 0.571. The van der Waals surface area contributed by atoms with Gasteiger partial charge in [-0.2, -0.15) is 5.10 Å². The zero-order valence-electron chi connectivity index (χ0n) is 18.8. The molecule has 0 bridgehead atoms. The van der Waals surface area contributed by atoms with E-state index in [1.165, 1.54) is 0 Å². The minimum absolute atomic E-state index is 0.0570. The molecule has 0 aliphatic carbocycles. The predicted molar refractivity (Wildman–Crippen MR) is 133 cm³/mol. The Balaban J connectivity index is 1.32. The third-order valence-electron chi connectivity index (χ3n) is 6.66. The van der Waals surface area contributed by atoms with Gasteiger partial charge in [-0.1, -0.05) is 41.9 Å². The Morgan fingerprint density at radius 2 is 1.71 bits per heavy atom. The average molecular weight is 499 g/mol. The molecule has 7 nitrogen and oxygen atoms in total. The molecule has 2 saturated heterocycles. The number of carbonyl (C=O) groups is 1. The van der Waals surface area contributed by atoms with Crippen molar-refractivity contribution in [1.82, 2.24) is 19.6 Å². The number of halogens is 1. The van der Waals surface area contributed by atoms with Crippen LogP contribution >= 0.6 is 11.6 Å². The van der Waals surface area contributed by atoms with Crippen LogP contribution in [-0.4, -0.2) is 77.6 Å². The molecule has 2 aliphatic heterocycles. The van der Waals surface area contributed by atoms with E-state index in [2.05, 4.69) is 4.90 Å². The van der Waals surface area contributed by atoms with Crippen LogP contribution in [0.25, 0.3) is 16.9 Å². The lowest BCUT2D eigenvalue weighted by atomic mass is 10.1. The van der Waals surface area contributed by atoms with Gasteiger partial charge in [-0.25, -0.2) is 13.1 Å². The number of nitrogens with zero attached hydrogens (tertiary/aromatic N) is 4. The summed E-state index contributed by atoms with van der Waals surface area (Å²) in [6, 6.07) is 17.4. The summed E-state index contributed by atoms with van der Waals surface area (Å²) in [6.07, 6.45) is 2.87. The average Bonchev–Trinajstić information content (AvgIpc) is 3.43. The minimum atomic E-state index is -2.91. The molecule has 1 amide bonds. The first kappa shape index (κ1) is 23.1. The molecule has 2 aromatic carbocycles. The standard InChI is InChI=1S/C25H27ClN4O3S/c26-21-8-6-19(7-9-21)25-20(17-30(27-25)22-4-2-1-3-5-22)16-24(31)29-13-11-28(12-14-29)23-10-15-34(32,33)18-23/h1-9,17,23H,10-16,18H2. The Morgan fingerprint density at radius 3 is 2.35 bits per heavy atom. The van der Waals surface area contributed by atoms with E-state index in [-0.39, 0.29) is 29.9 Å². The smallest absolute Gasteiger partial charge is 0.227 e. The molecule has 3 aromatic rings. The number of sulfone groups is 1. The normalized spacial score (nSPS) is 20.5. The number of rotatable bonds is 5. The van der Waals surface area contributed by atoms with Crippen LogP contribution in [0.5, 0.6) is 0 Å². The summed E-state index contributed by atoms with van der Waals surface area (Å²) < 4.78 is 25.5. The summed E-state index contributed by atoms with van der Waals surface area (Å²) in [5, 5.41) is 5.44. The molecule has 0 saturated carbocycles. The monoisotopic (exact) mass is 498 g/mol. The van der Waals surface area contributed by atoms with Crippen LogP contribution in [0.4, 0.5) is 0 Å². The summed E-state index contributed by atoms with van der Waals surface area (Å²) in [7, 11) is -2.91. The van der Waals surface area contributed by atoms with Gasteiger partial charge >= 0.3 is 0 Å². The van der Waals surface area contributed by atoms with Gasteiger partial charge in [0, 0.05) is 54.6 Å². The molecule has 0 spiro atoms. The highest BCUT2D eigenvalue weighted by Gasteiger charge is 2.34. The number of carbonyl (C=O) groups excluding carboxylic acids is 1. The minimum Gasteiger partial charge on any atom is -0.340 e. The molecule has 3 heterocycles. The van der Waals surface area contributed by atoms with Crippen molar-refractivity contribution in [2.24, 2.45) is 0 Å². The summed E-state index contributed by atoms with van der Waals surface area (Å²) in [5.41, 5.74) is 3.47. The van der Waals surface area contributed by atoms with E-state index in [1.54, 1.807) is 0 Å². The SMILES string of the molecule is O=C(Cc1cn(-c2ccccc2)nc1-c1ccc(Cl)cc1)N1CCN(C2CCS(=O)(=O)C2)CC1. The van der Waals surface area contributed by atoms with E-state index in [4.69, 9.17) is 16.7 Å². The number of piperazine rings is 1. The number of para-hydroxylation sites is 1. The van der Waals surface area contributed by atoms with E-state index >= 15 is 0 Å². The lowest BCUT2D eigenvalue weighted by molar-refractivity contribution is -0.132. The van der Waals surface area contributed by atoms with E-state index in [1.807, 2.05) is 70.4 Å². The van der Waals surface area contributed by atoms with Crippen molar-refractivity contribution in [3.8, 4) is 16.9 Å². The highest BCUT2D eigenvalue weighted by Crippen LogP contribution is 2.26. The lowest BCUT2D eigenvalue weighted by Crippen LogP contribution is -2.52. The molecule has 1 unspecified atom stereocenters. The molecule has 34 heavy (non-hydrogen) atoms. The van der Waals surface area contributed by atoms with Gasteiger partial charge in [-0.3, -0.25) is 9.69 Å². The maximum atomic E-state index is 13.2. The Hall–Kier alpha value is -2.68. The number of hydrogen-bond acceptors (Lipinski definition) is 5. The van der Waals surface area contributed by atoms with Gasteiger partial charge in [0.2, 0.25) is 5.91 Å². The van der Waals surface area contributed by atoms with Crippen molar-refractivity contribution in [3.05, 3.63) is 71.4 Å². The fraction of sp³-hybridized carbons (Fsp3) is 0.360. The van der Waals surface area contributed by atoms with Gasteiger partial charge in [0.1, 0.15) is 0 Å². The molecule has 0 radical (unpaired) electrons. The second-order valence-electron chi connectivity index (χ2n) is 8.94. The van der Waals surface area contributed by atoms with E-state index in [0.29, 0.717) is 37.6 Å². The predicted octanol–water partition coefficient (Wildman–Crippen LogP) is 3.07. The highest BCUT2D eigenvalue weighted by atomic mass is 35.5. The first-order valence-electron chi connectivity index (χ1n) is 11.5. The molecular weight excluding hydrogens is 472 g/mol. The Bertz CT molecular complexity index is 1270.